The molecule has 4 heteroatoms. The SMILES string of the molecule is CCO[Si](OCC)(OCC)C1(C)CCCCC1. The molecule has 3 nitrogen and oxygen atoms in total. The zero-order valence-electron chi connectivity index (χ0n) is 11.9. The van der Waals surface area contributed by atoms with E-state index in [0.717, 1.165) is 0 Å². The van der Waals surface area contributed by atoms with Crippen molar-refractivity contribution in [3.63, 3.8) is 0 Å². The number of rotatable bonds is 7. The largest absolute Gasteiger partial charge is 0.507 e. The first-order chi connectivity index (χ1) is 8.14. The standard InChI is InChI=1S/C13H28O3Si/c1-5-14-17(15-6-2,16-7-3)13(4)11-9-8-10-12-13/h5-12H2,1-4H3. The predicted octanol–water partition coefficient (Wildman–Crippen LogP) is 3.76. The van der Waals surface area contributed by atoms with Gasteiger partial charge in [0.05, 0.1) is 0 Å². The van der Waals surface area contributed by atoms with Gasteiger partial charge in [-0.2, -0.15) is 0 Å². The quantitative estimate of drug-likeness (QED) is 0.652. The molecule has 1 fully saturated rings. The van der Waals surface area contributed by atoms with Crippen LogP contribution in [0.5, 0.6) is 0 Å². The van der Waals surface area contributed by atoms with Crippen molar-refractivity contribution in [2.24, 2.45) is 0 Å². The molecule has 102 valence electrons. The summed E-state index contributed by atoms with van der Waals surface area (Å²) in [5.41, 5.74) is 0. The van der Waals surface area contributed by atoms with E-state index >= 15 is 0 Å². The van der Waals surface area contributed by atoms with E-state index in [0.29, 0.717) is 19.8 Å². The fraction of sp³-hybridized carbons (Fsp3) is 1.00. The van der Waals surface area contributed by atoms with Crippen molar-refractivity contribution >= 4 is 8.80 Å². The van der Waals surface area contributed by atoms with Crippen LogP contribution < -0.4 is 0 Å². The molecule has 17 heavy (non-hydrogen) atoms. The minimum absolute atomic E-state index is 0.118. The smallest absolute Gasteiger partial charge is 0.373 e. The van der Waals surface area contributed by atoms with Crippen molar-refractivity contribution in [3.8, 4) is 0 Å². The van der Waals surface area contributed by atoms with E-state index in [2.05, 4.69) is 6.92 Å². The van der Waals surface area contributed by atoms with Crippen LogP contribution >= 0.6 is 0 Å². The van der Waals surface area contributed by atoms with Gasteiger partial charge in [0.2, 0.25) is 0 Å². The minimum Gasteiger partial charge on any atom is -0.373 e. The Morgan fingerprint density at radius 1 is 0.824 bits per heavy atom. The maximum Gasteiger partial charge on any atom is 0.507 e. The average molecular weight is 260 g/mol. The summed E-state index contributed by atoms with van der Waals surface area (Å²) in [5.74, 6) is 0. The van der Waals surface area contributed by atoms with E-state index < -0.39 is 8.80 Å². The topological polar surface area (TPSA) is 27.7 Å². The van der Waals surface area contributed by atoms with Crippen LogP contribution in [0, 0.1) is 0 Å². The Balaban J connectivity index is 2.90. The third-order valence-corrected chi connectivity index (χ3v) is 7.68. The van der Waals surface area contributed by atoms with Gasteiger partial charge in [-0.05, 0) is 33.6 Å². The Bertz CT molecular complexity index is 198. The molecule has 0 heterocycles. The molecule has 1 saturated carbocycles. The molecule has 1 aliphatic rings. The highest BCUT2D eigenvalue weighted by molar-refractivity contribution is 6.64. The van der Waals surface area contributed by atoms with Crippen molar-refractivity contribution in [1.82, 2.24) is 0 Å². The van der Waals surface area contributed by atoms with Gasteiger partial charge in [-0.1, -0.05) is 26.2 Å². The number of hydrogen-bond donors (Lipinski definition) is 0. The summed E-state index contributed by atoms with van der Waals surface area (Å²) < 4.78 is 18.1. The van der Waals surface area contributed by atoms with Gasteiger partial charge in [-0.3, -0.25) is 0 Å². The molecule has 0 aromatic carbocycles. The summed E-state index contributed by atoms with van der Waals surface area (Å²) in [6.07, 6.45) is 6.25. The first kappa shape index (κ1) is 15.2. The maximum atomic E-state index is 6.05. The molecule has 0 amide bonds. The minimum atomic E-state index is -2.52. The van der Waals surface area contributed by atoms with E-state index in [9.17, 15) is 0 Å². The van der Waals surface area contributed by atoms with E-state index in [4.69, 9.17) is 13.3 Å². The van der Waals surface area contributed by atoms with Gasteiger partial charge in [0.15, 0.2) is 0 Å². The molecule has 0 N–H and O–H groups in total. The Morgan fingerprint density at radius 3 is 1.59 bits per heavy atom. The zero-order valence-corrected chi connectivity index (χ0v) is 12.9. The average Bonchev–Trinajstić information content (AvgIpc) is 2.31. The van der Waals surface area contributed by atoms with Gasteiger partial charge in [-0.25, -0.2) is 0 Å². The van der Waals surface area contributed by atoms with E-state index in [-0.39, 0.29) is 5.04 Å². The molecule has 0 saturated heterocycles. The van der Waals surface area contributed by atoms with Gasteiger partial charge in [0.25, 0.3) is 0 Å². The lowest BCUT2D eigenvalue weighted by molar-refractivity contribution is 0.0376. The molecule has 0 atom stereocenters. The normalized spacial score (nSPS) is 20.5. The first-order valence-corrected chi connectivity index (χ1v) is 8.78. The number of hydrogen-bond acceptors (Lipinski definition) is 3. The fourth-order valence-corrected chi connectivity index (χ4v) is 6.26. The zero-order chi connectivity index (χ0) is 12.8. The molecular formula is C13H28O3Si. The van der Waals surface area contributed by atoms with Crippen LogP contribution in [0.3, 0.4) is 0 Å². The highest BCUT2D eigenvalue weighted by atomic mass is 28.4. The lowest BCUT2D eigenvalue weighted by Gasteiger charge is -2.45. The Morgan fingerprint density at radius 2 is 1.24 bits per heavy atom. The molecule has 0 unspecified atom stereocenters. The molecule has 1 aliphatic carbocycles. The molecule has 0 radical (unpaired) electrons. The van der Waals surface area contributed by atoms with Crippen LogP contribution in [-0.4, -0.2) is 28.6 Å². The summed E-state index contributed by atoms with van der Waals surface area (Å²) in [4.78, 5) is 0. The van der Waals surface area contributed by atoms with Crippen molar-refractivity contribution in [2.75, 3.05) is 19.8 Å². The van der Waals surface area contributed by atoms with Crippen molar-refractivity contribution < 1.29 is 13.3 Å². The van der Waals surface area contributed by atoms with Crippen LogP contribution in [0.1, 0.15) is 59.8 Å². The molecule has 0 aromatic heterocycles. The maximum absolute atomic E-state index is 6.05. The van der Waals surface area contributed by atoms with Gasteiger partial charge >= 0.3 is 8.80 Å². The van der Waals surface area contributed by atoms with Crippen molar-refractivity contribution in [1.29, 1.82) is 0 Å². The van der Waals surface area contributed by atoms with Gasteiger partial charge in [0.1, 0.15) is 0 Å². The summed E-state index contributed by atoms with van der Waals surface area (Å²) in [7, 11) is -2.52. The van der Waals surface area contributed by atoms with Crippen LogP contribution in [0.15, 0.2) is 0 Å². The van der Waals surface area contributed by atoms with Crippen LogP contribution in [0.2, 0.25) is 5.04 Å². The second-order valence-corrected chi connectivity index (χ2v) is 8.16. The lowest BCUT2D eigenvalue weighted by Crippen LogP contribution is -2.56. The Labute approximate surface area is 107 Å². The lowest BCUT2D eigenvalue weighted by atomic mass is 9.90. The molecular weight excluding hydrogens is 232 g/mol. The van der Waals surface area contributed by atoms with E-state index in [1.165, 1.54) is 32.1 Å². The molecule has 1 rings (SSSR count). The molecule has 0 spiro atoms. The van der Waals surface area contributed by atoms with E-state index in [1.807, 2.05) is 20.8 Å². The predicted molar refractivity (Wildman–Crippen MR) is 72.1 cm³/mol. The van der Waals surface area contributed by atoms with Gasteiger partial charge in [-0.15, -0.1) is 0 Å². The first-order valence-electron chi connectivity index (χ1n) is 7.06. The molecule has 0 aliphatic heterocycles. The third kappa shape index (κ3) is 3.31. The van der Waals surface area contributed by atoms with Crippen LogP contribution in [-0.2, 0) is 13.3 Å². The van der Waals surface area contributed by atoms with Gasteiger partial charge in [0, 0.05) is 24.9 Å². The molecule has 0 bridgehead atoms. The second-order valence-electron chi connectivity index (χ2n) is 4.98. The monoisotopic (exact) mass is 260 g/mol. The van der Waals surface area contributed by atoms with Gasteiger partial charge < -0.3 is 13.3 Å². The van der Waals surface area contributed by atoms with Crippen LogP contribution in [0.4, 0.5) is 0 Å². The summed E-state index contributed by atoms with van der Waals surface area (Å²) in [6.45, 7) is 10.5. The summed E-state index contributed by atoms with van der Waals surface area (Å²) >= 11 is 0. The Kier molecular flexibility index (Phi) is 6.13. The van der Waals surface area contributed by atoms with E-state index in [1.54, 1.807) is 0 Å². The highest BCUT2D eigenvalue weighted by Gasteiger charge is 2.57. The highest BCUT2D eigenvalue weighted by Crippen LogP contribution is 2.51. The Hall–Kier alpha value is 0.0969. The second kappa shape index (κ2) is 6.88. The molecule has 0 aromatic rings. The summed E-state index contributed by atoms with van der Waals surface area (Å²) in [6, 6.07) is 0. The summed E-state index contributed by atoms with van der Waals surface area (Å²) in [5, 5.41) is 0.118. The van der Waals surface area contributed by atoms with Crippen molar-refractivity contribution in [2.45, 2.75) is 64.8 Å². The van der Waals surface area contributed by atoms with Crippen molar-refractivity contribution in [3.05, 3.63) is 0 Å². The fourth-order valence-electron chi connectivity index (χ4n) is 2.86. The van der Waals surface area contributed by atoms with Crippen LogP contribution in [0.25, 0.3) is 0 Å². The third-order valence-electron chi connectivity index (χ3n) is 3.70.